The minimum absolute atomic E-state index is 0.0674. The number of hydrogen-bond donors (Lipinski definition) is 0. The summed E-state index contributed by atoms with van der Waals surface area (Å²) in [4.78, 5) is 16.1. The van der Waals surface area contributed by atoms with Gasteiger partial charge in [0.05, 0.1) is 10.4 Å². The number of fused-ring (bicyclic) bond motifs is 1. The number of halogens is 1. The summed E-state index contributed by atoms with van der Waals surface area (Å²) >= 11 is 8.09. The van der Waals surface area contributed by atoms with Gasteiger partial charge in [-0.1, -0.05) is 36.2 Å². The summed E-state index contributed by atoms with van der Waals surface area (Å²) in [5.74, 6) is 1.63. The van der Waals surface area contributed by atoms with E-state index in [2.05, 4.69) is 20.8 Å². The number of rotatable bonds is 4. The van der Waals surface area contributed by atoms with Crippen LogP contribution in [0.1, 0.15) is 55.8 Å². The van der Waals surface area contributed by atoms with Crippen LogP contribution in [0.2, 0.25) is 5.02 Å². The summed E-state index contributed by atoms with van der Waals surface area (Å²) in [6, 6.07) is 7.95. The molecule has 0 spiro atoms. The van der Waals surface area contributed by atoms with Crippen molar-refractivity contribution in [2.75, 3.05) is 7.05 Å². The Morgan fingerprint density at radius 2 is 1.96 bits per heavy atom. The molecular weight excluding hydrogens is 392 g/mol. The van der Waals surface area contributed by atoms with Crippen LogP contribution < -0.4 is 0 Å². The molecule has 146 valence electrons. The van der Waals surface area contributed by atoms with Crippen LogP contribution >= 0.6 is 23.4 Å². The molecule has 0 saturated heterocycles. The number of carbonyl (C=O) groups excluding carboxylic acids is 1. The molecule has 1 atom stereocenters. The van der Waals surface area contributed by atoms with Gasteiger partial charge in [-0.25, -0.2) is 0 Å². The predicted octanol–water partition coefficient (Wildman–Crippen LogP) is 4.63. The van der Waals surface area contributed by atoms with Crippen LogP contribution in [0.25, 0.3) is 0 Å². The van der Waals surface area contributed by atoms with E-state index in [4.69, 9.17) is 11.6 Å². The fourth-order valence-corrected chi connectivity index (χ4v) is 6.15. The van der Waals surface area contributed by atoms with E-state index < -0.39 is 5.54 Å². The molecule has 1 aromatic heterocycles. The molecule has 2 heterocycles. The molecule has 0 N–H and O–H groups in total. The highest BCUT2D eigenvalue weighted by atomic mass is 35.5. The fraction of sp³-hybridized carbons (Fsp3) is 0.476. The molecule has 0 unspecified atom stereocenters. The number of carbonyl (C=O) groups is 1. The minimum Gasteiger partial charge on any atom is -0.328 e. The number of thioether (sulfide) groups is 1. The van der Waals surface area contributed by atoms with Crippen molar-refractivity contribution in [3.8, 4) is 0 Å². The average molecular weight is 415 g/mol. The van der Waals surface area contributed by atoms with Crippen molar-refractivity contribution >= 4 is 29.3 Å². The fourth-order valence-electron chi connectivity index (χ4n) is 4.75. The van der Waals surface area contributed by atoms with Crippen molar-refractivity contribution in [3.63, 3.8) is 0 Å². The van der Waals surface area contributed by atoms with E-state index in [9.17, 15) is 4.79 Å². The Kier molecular flexibility index (Phi) is 4.32. The van der Waals surface area contributed by atoms with Gasteiger partial charge in [0, 0.05) is 30.6 Å². The number of aromatic nitrogens is 3. The first-order valence-electron chi connectivity index (χ1n) is 9.88. The third-order valence-corrected chi connectivity index (χ3v) is 7.88. The van der Waals surface area contributed by atoms with E-state index in [-0.39, 0.29) is 5.91 Å². The van der Waals surface area contributed by atoms with E-state index in [0.717, 1.165) is 52.2 Å². The quantitative estimate of drug-likeness (QED) is 0.731. The minimum atomic E-state index is -0.437. The molecule has 3 aliphatic rings. The van der Waals surface area contributed by atoms with Crippen LogP contribution in [-0.4, -0.2) is 32.6 Å². The van der Waals surface area contributed by atoms with Crippen molar-refractivity contribution < 1.29 is 4.79 Å². The third-order valence-electron chi connectivity index (χ3n) is 6.38. The zero-order valence-electron chi connectivity index (χ0n) is 16.1. The van der Waals surface area contributed by atoms with E-state index in [0.29, 0.717) is 5.92 Å². The first kappa shape index (κ1) is 18.3. The van der Waals surface area contributed by atoms with Gasteiger partial charge in [0.2, 0.25) is 0 Å². The van der Waals surface area contributed by atoms with Gasteiger partial charge in [-0.2, -0.15) is 0 Å². The molecule has 1 aromatic carbocycles. The van der Waals surface area contributed by atoms with Gasteiger partial charge in [-0.3, -0.25) is 4.79 Å². The average Bonchev–Trinajstić information content (AvgIpc) is 3.45. The maximum absolute atomic E-state index is 13.4. The van der Waals surface area contributed by atoms with Crippen molar-refractivity contribution in [3.05, 3.63) is 51.2 Å². The van der Waals surface area contributed by atoms with Crippen molar-refractivity contribution in [2.45, 2.75) is 55.1 Å². The standard InChI is InChI=1S/C21H23ClN4OS/c1-25-18(13-10-11-13)23-24-20(25)28-17-15-8-5-6-12-21(15,26(2)19(17)27)14-7-3-4-9-16(14)22/h3-4,7,9,13H,5-6,8,10-12H2,1-2H3/t21-/m0/s1. The molecule has 1 amide bonds. The molecule has 2 aliphatic carbocycles. The smallest absolute Gasteiger partial charge is 0.261 e. The molecule has 2 aromatic rings. The molecule has 5 rings (SSSR count). The summed E-state index contributed by atoms with van der Waals surface area (Å²) in [6.07, 6.45) is 6.37. The lowest BCUT2D eigenvalue weighted by molar-refractivity contribution is -0.128. The first-order chi connectivity index (χ1) is 13.5. The van der Waals surface area contributed by atoms with Gasteiger partial charge in [0.25, 0.3) is 5.91 Å². The van der Waals surface area contributed by atoms with Crippen LogP contribution in [0, 0.1) is 0 Å². The zero-order chi connectivity index (χ0) is 19.5. The van der Waals surface area contributed by atoms with Gasteiger partial charge < -0.3 is 9.47 Å². The lowest BCUT2D eigenvalue weighted by Crippen LogP contribution is -2.44. The van der Waals surface area contributed by atoms with Crippen LogP contribution in [0.3, 0.4) is 0 Å². The molecule has 0 bridgehead atoms. The Labute approximate surface area is 174 Å². The second kappa shape index (κ2) is 6.63. The largest absolute Gasteiger partial charge is 0.328 e. The van der Waals surface area contributed by atoms with Crippen molar-refractivity contribution in [2.24, 2.45) is 7.05 Å². The monoisotopic (exact) mass is 414 g/mol. The molecular formula is C21H23ClN4OS. The molecule has 2 saturated carbocycles. The predicted molar refractivity (Wildman–Crippen MR) is 110 cm³/mol. The van der Waals surface area contributed by atoms with E-state index in [1.165, 1.54) is 30.2 Å². The SMILES string of the molecule is CN1C(=O)C(Sc2nnc(C3CC3)n2C)=C2CCCC[C@]21c1ccccc1Cl. The maximum atomic E-state index is 13.4. The number of benzene rings is 1. The lowest BCUT2D eigenvalue weighted by atomic mass is 9.73. The topological polar surface area (TPSA) is 51.0 Å². The van der Waals surface area contributed by atoms with Gasteiger partial charge in [0.1, 0.15) is 5.82 Å². The lowest BCUT2D eigenvalue weighted by Gasteiger charge is -2.42. The second-order valence-electron chi connectivity index (χ2n) is 8.00. The highest BCUT2D eigenvalue weighted by molar-refractivity contribution is 8.03. The van der Waals surface area contributed by atoms with Crippen LogP contribution in [0.4, 0.5) is 0 Å². The van der Waals surface area contributed by atoms with E-state index >= 15 is 0 Å². The number of hydrogen-bond acceptors (Lipinski definition) is 4. The van der Waals surface area contributed by atoms with Crippen LogP contribution in [0.15, 0.2) is 39.9 Å². The van der Waals surface area contributed by atoms with Crippen LogP contribution in [0.5, 0.6) is 0 Å². The summed E-state index contributed by atoms with van der Waals surface area (Å²) in [7, 11) is 3.92. The Balaban J connectivity index is 1.61. The van der Waals surface area contributed by atoms with Crippen molar-refractivity contribution in [1.29, 1.82) is 0 Å². The van der Waals surface area contributed by atoms with E-state index in [1.807, 2.05) is 37.2 Å². The van der Waals surface area contributed by atoms with Crippen LogP contribution in [-0.2, 0) is 17.4 Å². The normalized spacial score (nSPS) is 24.8. The Morgan fingerprint density at radius 1 is 1.18 bits per heavy atom. The van der Waals surface area contributed by atoms with E-state index in [1.54, 1.807) is 0 Å². The zero-order valence-corrected chi connectivity index (χ0v) is 17.7. The van der Waals surface area contributed by atoms with Gasteiger partial charge in [-0.05, 0) is 55.5 Å². The summed E-state index contributed by atoms with van der Waals surface area (Å²) in [5, 5.41) is 10.3. The van der Waals surface area contributed by atoms with Gasteiger partial charge >= 0.3 is 0 Å². The first-order valence-corrected chi connectivity index (χ1v) is 11.1. The van der Waals surface area contributed by atoms with Gasteiger partial charge in [0.15, 0.2) is 5.16 Å². The number of amides is 1. The molecule has 7 heteroatoms. The highest BCUT2D eigenvalue weighted by Crippen LogP contribution is 2.55. The Hall–Kier alpha value is -1.79. The molecule has 0 radical (unpaired) electrons. The Bertz CT molecular complexity index is 996. The summed E-state index contributed by atoms with van der Waals surface area (Å²) < 4.78 is 2.06. The second-order valence-corrected chi connectivity index (χ2v) is 9.38. The Morgan fingerprint density at radius 3 is 2.71 bits per heavy atom. The maximum Gasteiger partial charge on any atom is 0.261 e. The number of nitrogens with zero attached hydrogens (tertiary/aromatic N) is 4. The third kappa shape index (κ3) is 2.57. The number of likely N-dealkylation sites (N-methyl/N-ethyl adjacent to an activating group) is 1. The van der Waals surface area contributed by atoms with Crippen molar-refractivity contribution in [1.82, 2.24) is 19.7 Å². The molecule has 2 fully saturated rings. The van der Waals surface area contributed by atoms with Gasteiger partial charge in [-0.15, -0.1) is 10.2 Å². The summed E-state index contributed by atoms with van der Waals surface area (Å²) in [5.41, 5.74) is 1.79. The highest BCUT2D eigenvalue weighted by Gasteiger charge is 2.52. The molecule has 28 heavy (non-hydrogen) atoms. The molecule has 1 aliphatic heterocycles. The molecule has 5 nitrogen and oxygen atoms in total. The summed E-state index contributed by atoms with van der Waals surface area (Å²) in [6.45, 7) is 0.